The summed E-state index contributed by atoms with van der Waals surface area (Å²) in [5, 5.41) is 0. The Kier molecular flexibility index (Phi) is 10.9. The van der Waals surface area contributed by atoms with Gasteiger partial charge < -0.3 is 10.5 Å². The predicted octanol–water partition coefficient (Wildman–Crippen LogP) is 4.19. The first-order valence-corrected chi connectivity index (χ1v) is 8.00. The summed E-state index contributed by atoms with van der Waals surface area (Å²) < 4.78 is 4.98. The summed E-state index contributed by atoms with van der Waals surface area (Å²) >= 11 is 0. The Labute approximate surface area is 119 Å². The fourth-order valence-electron chi connectivity index (χ4n) is 2.20. The van der Waals surface area contributed by atoms with Crippen LogP contribution >= 0.6 is 0 Å². The van der Waals surface area contributed by atoms with E-state index >= 15 is 0 Å². The van der Waals surface area contributed by atoms with Crippen LogP contribution < -0.4 is 5.73 Å². The van der Waals surface area contributed by atoms with E-state index in [-0.39, 0.29) is 5.97 Å². The molecular weight excluding hydrogens is 238 g/mol. The number of rotatable bonds is 12. The minimum Gasteiger partial charge on any atom is -0.465 e. The molecule has 0 saturated carbocycles. The summed E-state index contributed by atoms with van der Waals surface area (Å²) in [6.45, 7) is 6.24. The van der Waals surface area contributed by atoms with Crippen molar-refractivity contribution in [3.8, 4) is 0 Å². The zero-order valence-corrected chi connectivity index (χ0v) is 13.2. The molecule has 0 heterocycles. The zero-order valence-electron chi connectivity index (χ0n) is 13.2. The number of hydrogen-bond donors (Lipinski definition) is 1. The van der Waals surface area contributed by atoms with Gasteiger partial charge in [-0.1, -0.05) is 64.7 Å². The van der Waals surface area contributed by atoms with Gasteiger partial charge >= 0.3 is 5.97 Å². The monoisotopic (exact) mass is 271 g/mol. The van der Waals surface area contributed by atoms with Crippen LogP contribution in [0.25, 0.3) is 0 Å². The summed E-state index contributed by atoms with van der Waals surface area (Å²) in [4.78, 5) is 11.6. The lowest BCUT2D eigenvalue weighted by molar-refractivity contribution is -0.149. The number of carbonyl (C=O) groups excluding carboxylic acids is 1. The normalized spacial score (nSPS) is 14.1. The third kappa shape index (κ3) is 9.94. The van der Waals surface area contributed by atoms with Crippen molar-refractivity contribution >= 4 is 5.97 Å². The molecule has 0 saturated heterocycles. The van der Waals surface area contributed by atoms with Crippen LogP contribution in [0.1, 0.15) is 85.0 Å². The van der Waals surface area contributed by atoms with E-state index in [0.29, 0.717) is 6.61 Å². The minimum absolute atomic E-state index is 0.269. The van der Waals surface area contributed by atoms with Gasteiger partial charge in [0.15, 0.2) is 0 Å². The topological polar surface area (TPSA) is 52.3 Å². The first-order valence-electron chi connectivity index (χ1n) is 8.00. The summed E-state index contributed by atoms with van der Waals surface area (Å²) in [6.07, 6.45) is 12.2. The highest BCUT2D eigenvalue weighted by Crippen LogP contribution is 2.16. The van der Waals surface area contributed by atoms with Crippen molar-refractivity contribution in [2.45, 2.75) is 90.5 Å². The van der Waals surface area contributed by atoms with Crippen LogP contribution in [0, 0.1) is 0 Å². The fourth-order valence-corrected chi connectivity index (χ4v) is 2.20. The molecule has 0 amide bonds. The van der Waals surface area contributed by atoms with Crippen molar-refractivity contribution < 1.29 is 9.53 Å². The van der Waals surface area contributed by atoms with Crippen LogP contribution in [0.4, 0.5) is 0 Å². The maximum absolute atomic E-state index is 11.6. The molecule has 0 aliphatic carbocycles. The molecule has 0 rings (SSSR count). The Morgan fingerprint density at radius 2 is 1.42 bits per heavy atom. The molecule has 3 heteroatoms. The van der Waals surface area contributed by atoms with Crippen molar-refractivity contribution in [3.05, 3.63) is 0 Å². The van der Waals surface area contributed by atoms with Crippen molar-refractivity contribution in [1.82, 2.24) is 0 Å². The number of carbonyl (C=O) groups is 1. The fraction of sp³-hybridized carbons (Fsp3) is 0.938. The van der Waals surface area contributed by atoms with Gasteiger partial charge in [0.1, 0.15) is 5.54 Å². The van der Waals surface area contributed by atoms with E-state index in [9.17, 15) is 4.79 Å². The average Bonchev–Trinajstić information content (AvgIpc) is 2.37. The van der Waals surface area contributed by atoms with Gasteiger partial charge in [0.2, 0.25) is 0 Å². The largest absolute Gasteiger partial charge is 0.465 e. The standard InChI is InChI=1S/C16H33NO2/c1-4-6-7-8-9-10-11-12-13-14-16(3,17)15(18)19-5-2/h4-14,17H2,1-3H3/t16-/m0/s1. The van der Waals surface area contributed by atoms with Gasteiger partial charge in [-0.05, 0) is 20.3 Å². The summed E-state index contributed by atoms with van der Waals surface area (Å²) in [6, 6.07) is 0. The molecule has 1 atom stereocenters. The second kappa shape index (κ2) is 11.3. The number of ether oxygens (including phenoxy) is 1. The van der Waals surface area contributed by atoms with Crippen molar-refractivity contribution in [2.75, 3.05) is 6.61 Å². The van der Waals surface area contributed by atoms with E-state index in [1.165, 1.54) is 51.4 Å². The van der Waals surface area contributed by atoms with Gasteiger partial charge in [-0.3, -0.25) is 4.79 Å². The molecule has 0 bridgehead atoms. The SMILES string of the molecule is CCCCCCCCCCC[C@](C)(N)C(=O)OCC. The summed E-state index contributed by atoms with van der Waals surface area (Å²) in [5.41, 5.74) is 5.16. The molecule has 2 N–H and O–H groups in total. The highest BCUT2D eigenvalue weighted by molar-refractivity contribution is 5.79. The molecular formula is C16H33NO2. The summed E-state index contributed by atoms with van der Waals surface area (Å²) in [7, 11) is 0. The van der Waals surface area contributed by atoms with Crippen LogP contribution in [-0.2, 0) is 9.53 Å². The number of unbranched alkanes of at least 4 members (excludes halogenated alkanes) is 8. The number of hydrogen-bond acceptors (Lipinski definition) is 3. The molecule has 0 aromatic carbocycles. The zero-order chi connectivity index (χ0) is 14.6. The van der Waals surface area contributed by atoms with Gasteiger partial charge in [-0.25, -0.2) is 0 Å². The van der Waals surface area contributed by atoms with E-state index in [4.69, 9.17) is 10.5 Å². The van der Waals surface area contributed by atoms with Crippen molar-refractivity contribution in [3.63, 3.8) is 0 Å². The van der Waals surface area contributed by atoms with Gasteiger partial charge in [0.05, 0.1) is 6.61 Å². The Hall–Kier alpha value is -0.570. The quantitative estimate of drug-likeness (QED) is 0.428. The Morgan fingerprint density at radius 3 is 1.89 bits per heavy atom. The Morgan fingerprint density at radius 1 is 0.947 bits per heavy atom. The molecule has 114 valence electrons. The second-order valence-electron chi connectivity index (χ2n) is 5.72. The van der Waals surface area contributed by atoms with E-state index < -0.39 is 5.54 Å². The van der Waals surface area contributed by atoms with Crippen molar-refractivity contribution in [1.29, 1.82) is 0 Å². The molecule has 3 nitrogen and oxygen atoms in total. The Bertz CT molecular complexity index is 227. The lowest BCUT2D eigenvalue weighted by atomic mass is 9.95. The lowest BCUT2D eigenvalue weighted by Gasteiger charge is -2.21. The third-order valence-corrected chi connectivity index (χ3v) is 3.54. The van der Waals surface area contributed by atoms with Crippen LogP contribution in [0.3, 0.4) is 0 Å². The van der Waals surface area contributed by atoms with Crippen LogP contribution in [-0.4, -0.2) is 18.1 Å². The maximum Gasteiger partial charge on any atom is 0.325 e. The molecule has 0 aromatic rings. The van der Waals surface area contributed by atoms with Gasteiger partial charge in [-0.15, -0.1) is 0 Å². The summed E-state index contributed by atoms with van der Waals surface area (Å²) in [5.74, 6) is -0.269. The first kappa shape index (κ1) is 18.4. The highest BCUT2D eigenvalue weighted by atomic mass is 16.5. The van der Waals surface area contributed by atoms with E-state index in [2.05, 4.69) is 6.92 Å². The smallest absolute Gasteiger partial charge is 0.325 e. The van der Waals surface area contributed by atoms with Crippen LogP contribution in [0.15, 0.2) is 0 Å². The molecule has 0 unspecified atom stereocenters. The third-order valence-electron chi connectivity index (χ3n) is 3.54. The highest BCUT2D eigenvalue weighted by Gasteiger charge is 2.28. The molecule has 0 radical (unpaired) electrons. The van der Waals surface area contributed by atoms with Crippen molar-refractivity contribution in [2.24, 2.45) is 5.73 Å². The molecule has 0 aliphatic heterocycles. The maximum atomic E-state index is 11.6. The number of nitrogens with two attached hydrogens (primary N) is 1. The lowest BCUT2D eigenvalue weighted by Crippen LogP contribution is -2.46. The molecule has 0 fully saturated rings. The average molecular weight is 271 g/mol. The molecule has 0 spiro atoms. The van der Waals surface area contributed by atoms with Gasteiger partial charge in [0, 0.05) is 0 Å². The predicted molar refractivity (Wildman–Crippen MR) is 81.1 cm³/mol. The minimum atomic E-state index is -0.808. The molecule has 0 aromatic heterocycles. The Balaban J connectivity index is 3.45. The van der Waals surface area contributed by atoms with E-state index in [1.54, 1.807) is 6.92 Å². The van der Waals surface area contributed by atoms with Crippen LogP contribution in [0.2, 0.25) is 0 Å². The second-order valence-corrected chi connectivity index (χ2v) is 5.72. The number of esters is 1. The van der Waals surface area contributed by atoms with Crippen LogP contribution in [0.5, 0.6) is 0 Å². The van der Waals surface area contributed by atoms with E-state index in [1.807, 2.05) is 6.92 Å². The molecule has 19 heavy (non-hydrogen) atoms. The molecule has 0 aliphatic rings. The first-order chi connectivity index (χ1) is 9.04. The van der Waals surface area contributed by atoms with Gasteiger partial charge in [-0.2, -0.15) is 0 Å². The van der Waals surface area contributed by atoms with Gasteiger partial charge in [0.25, 0.3) is 0 Å². The van der Waals surface area contributed by atoms with E-state index in [0.717, 1.165) is 12.8 Å².